The molecule has 0 heterocycles. The Morgan fingerprint density at radius 1 is 2.00 bits per heavy atom. The fourth-order valence-electron chi connectivity index (χ4n) is 0. The van der Waals surface area contributed by atoms with Gasteiger partial charge in [0.15, 0.2) is 0 Å². The van der Waals surface area contributed by atoms with Crippen LogP contribution in [0.25, 0.3) is 0 Å². The third-order valence-corrected chi connectivity index (χ3v) is 0. The Kier molecular flexibility index (Phi) is 0.759. The minimum Gasteiger partial charge on any atom is -0.339 e. The van der Waals surface area contributed by atoms with Crippen molar-refractivity contribution >= 4 is 5.97 Å². The van der Waals surface area contributed by atoms with E-state index in [1.54, 1.807) is 0 Å². The van der Waals surface area contributed by atoms with Crippen LogP contribution in [0.4, 0.5) is 0 Å². The van der Waals surface area contributed by atoms with Crippen LogP contribution in [0.1, 0.15) is 6.92 Å². The van der Waals surface area contributed by atoms with E-state index >= 15 is 0 Å². The monoisotopic (exact) mass is 61.0 g/mol. The third kappa shape index (κ3) is 1.16. The van der Waals surface area contributed by atoms with Gasteiger partial charge >= 0.3 is 5.97 Å². The third-order valence-electron chi connectivity index (χ3n) is 0. The van der Waals surface area contributed by atoms with Crippen LogP contribution in [0.3, 0.4) is 0 Å². The van der Waals surface area contributed by atoms with Gasteiger partial charge in [0, 0.05) is 0 Å². The summed E-state index contributed by atoms with van der Waals surface area (Å²) < 4.78 is 0. The van der Waals surface area contributed by atoms with Gasteiger partial charge in [0.2, 0.25) is 0 Å². The van der Waals surface area contributed by atoms with E-state index in [0.29, 0.717) is 0 Å². The van der Waals surface area contributed by atoms with Gasteiger partial charge in [-0.05, 0) is 0 Å². The van der Waals surface area contributed by atoms with E-state index < -0.39 is 5.97 Å². The molecule has 0 bridgehead atoms. The van der Waals surface area contributed by atoms with Crippen molar-refractivity contribution in [1.82, 2.24) is 0 Å². The Morgan fingerprint density at radius 3 is 2.00 bits per heavy atom. The second kappa shape index (κ2) is 0.875. The maximum atomic E-state index is 7.53. The second-order valence-corrected chi connectivity index (χ2v) is 0.547. The molecule has 24 valence electrons. The molecule has 0 fully saturated rings. The van der Waals surface area contributed by atoms with Crippen LogP contribution in [0, 0.1) is 0 Å². The Balaban J connectivity index is 2.80. The highest BCUT2D eigenvalue weighted by molar-refractivity contribution is 5.64. The molecule has 0 aliphatic heterocycles. The van der Waals surface area contributed by atoms with Crippen LogP contribution in [0.15, 0.2) is 0 Å². The molecule has 0 aromatic rings. The van der Waals surface area contributed by atoms with Crippen molar-refractivity contribution in [2.24, 2.45) is 0 Å². The molecule has 0 aliphatic rings. The van der Waals surface area contributed by atoms with E-state index in [-0.39, 0.29) is 0 Å². The summed E-state index contributed by atoms with van der Waals surface area (Å²) in [6.45, 7) is 1.19. The summed E-state index contributed by atoms with van der Waals surface area (Å²) in [7, 11) is 0. The zero-order chi connectivity index (χ0) is 3.58. The van der Waals surface area contributed by atoms with Gasteiger partial charge in [-0.15, -0.1) is 0 Å². The first-order valence-corrected chi connectivity index (χ1v) is 0.947. The topological polar surface area (TPSA) is 41.6 Å². The summed E-state index contributed by atoms with van der Waals surface area (Å²) >= 11 is 0. The lowest BCUT2D eigenvalue weighted by molar-refractivity contribution is 0.456. The van der Waals surface area contributed by atoms with Gasteiger partial charge in [0.1, 0.15) is 0 Å². The maximum Gasteiger partial charge on any atom is 0.477 e. The fourth-order valence-corrected chi connectivity index (χ4v) is 0. The lowest BCUT2D eigenvalue weighted by atomic mass is 10.9. The number of carboxylic acid groups (broad SMARTS) is 1. The molecule has 0 atom stereocenters. The average molecular weight is 61.1 g/mol. The Morgan fingerprint density at radius 2 is 2.00 bits per heavy atom. The Labute approximate surface area is 24.1 Å². The second-order valence-electron chi connectivity index (χ2n) is 0.547. The van der Waals surface area contributed by atoms with E-state index in [4.69, 9.17) is 9.90 Å². The van der Waals surface area contributed by atoms with Crippen LogP contribution >= 0.6 is 0 Å². The minimum absolute atomic E-state index is 0.583. The van der Waals surface area contributed by atoms with Crippen molar-refractivity contribution in [3.8, 4) is 0 Å². The molecule has 0 saturated heterocycles. The Hall–Kier alpha value is -0.530. The molecule has 2 heteroatoms. The fraction of sp³-hybridized carbons (Fsp3) is 0.500. The van der Waals surface area contributed by atoms with Gasteiger partial charge in [-0.2, -0.15) is 0 Å². The smallest absolute Gasteiger partial charge is 0.339 e. The van der Waals surface area contributed by atoms with E-state index in [1.165, 1.54) is 6.92 Å². The average Bonchev–Trinajstić information content (AvgIpc) is 0.811. The summed E-state index contributed by atoms with van der Waals surface area (Å²) in [6.07, 6.45) is 0. The first kappa shape index (κ1) is 3.47. The van der Waals surface area contributed by atoms with Crippen molar-refractivity contribution in [3.63, 3.8) is 0 Å². The van der Waals surface area contributed by atoms with E-state index in [9.17, 15) is 0 Å². The van der Waals surface area contributed by atoms with Gasteiger partial charge in [-0.25, -0.2) is 0 Å². The predicted octanol–water partition coefficient (Wildman–Crippen LogP) is 0.0667. The molecule has 0 aliphatic carbocycles. The predicted molar refractivity (Wildman–Crippen MR) is 15.2 cm³/mol. The summed E-state index contributed by atoms with van der Waals surface area (Å²) in [5.74, 6) is -0.583. The molecule has 0 amide bonds. The van der Waals surface area contributed by atoms with Gasteiger partial charge in [0.25, 0.3) is 0 Å². The highest BCUT2D eigenvalue weighted by atomic mass is 16.4. The van der Waals surface area contributed by atoms with Gasteiger partial charge in [-0.1, -0.05) is 0 Å². The summed E-state index contributed by atoms with van der Waals surface area (Å²) in [5, 5.41) is 7.53. The zero-order valence-electron chi connectivity index (χ0n) is 2.39. The van der Waals surface area contributed by atoms with Crippen molar-refractivity contribution in [3.05, 3.63) is 0 Å². The summed E-state index contributed by atoms with van der Waals surface area (Å²) in [4.78, 5) is 7.53. The first-order valence-electron chi connectivity index (χ1n) is 0.947. The van der Waals surface area contributed by atoms with Crippen molar-refractivity contribution in [1.29, 1.82) is 0 Å². The minimum atomic E-state index is -0.583. The van der Waals surface area contributed by atoms with Gasteiger partial charge in [-0.3, -0.25) is 0 Å². The molecule has 0 spiro atoms. The summed E-state index contributed by atoms with van der Waals surface area (Å²) in [6, 6.07) is 0. The molecule has 0 aromatic carbocycles. The molecular formula is C2H5O2+. The maximum absolute atomic E-state index is 7.53. The molecule has 4 heavy (non-hydrogen) atoms. The van der Waals surface area contributed by atoms with Crippen LogP contribution in [0.2, 0.25) is 0 Å². The largest absolute Gasteiger partial charge is 0.477 e. The zero-order valence-corrected chi connectivity index (χ0v) is 2.39. The van der Waals surface area contributed by atoms with Crippen molar-refractivity contribution in [2.75, 3.05) is 0 Å². The molecule has 0 radical (unpaired) electrons. The van der Waals surface area contributed by atoms with Gasteiger partial charge in [0.05, 0.1) is 6.92 Å². The lowest BCUT2D eigenvalue weighted by Crippen LogP contribution is -1.79. The highest BCUT2D eigenvalue weighted by Crippen LogP contribution is 1.40. The number of hydrogen-bond acceptors (Lipinski definition) is 0. The van der Waals surface area contributed by atoms with Crippen molar-refractivity contribution < 1.29 is 9.90 Å². The number of rotatable bonds is 0. The standard InChI is InChI=1S/C2H4O2/c1-2(3)4/h1H3,(H,3,4)/p+1. The van der Waals surface area contributed by atoms with E-state index in [2.05, 4.69) is 0 Å². The summed E-state index contributed by atoms with van der Waals surface area (Å²) in [5.41, 5.74) is 0. The molecule has 2 nitrogen and oxygen atoms in total. The number of hydrogen-bond donors (Lipinski definition) is 1. The van der Waals surface area contributed by atoms with Crippen LogP contribution in [0.5, 0.6) is 0 Å². The number of carboxylic acids is 1. The molecule has 0 rings (SSSR count). The van der Waals surface area contributed by atoms with Crippen LogP contribution < -0.4 is 0 Å². The van der Waals surface area contributed by atoms with E-state index in [0.717, 1.165) is 0 Å². The lowest BCUT2D eigenvalue weighted by Gasteiger charge is -1.48. The number of aliphatic carboxylic acids is 1. The van der Waals surface area contributed by atoms with Crippen molar-refractivity contribution in [2.45, 2.75) is 6.92 Å². The normalized spacial score (nSPS) is 6.25. The highest BCUT2D eigenvalue weighted by Gasteiger charge is 1.78. The quantitative estimate of drug-likeness (QED) is 0.395. The van der Waals surface area contributed by atoms with Gasteiger partial charge < -0.3 is 9.90 Å². The van der Waals surface area contributed by atoms with Crippen LogP contribution in [-0.2, 0) is 0 Å². The molecule has 0 saturated carbocycles. The Bertz CT molecular complexity index is 27.0. The number of aliphatic hydroxyl groups excluding tert-OH is 1. The molecule has 2 N–H and O–H groups in total. The first-order chi connectivity index (χ1) is 1.73. The van der Waals surface area contributed by atoms with Crippen LogP contribution in [-0.4, -0.2) is 15.9 Å². The molecular weight excluding hydrogens is 56.0 g/mol. The molecule has 0 aromatic heterocycles. The SMILES string of the molecule is CC(O)=[OH+]. The molecule has 0 unspecified atom stereocenters. The van der Waals surface area contributed by atoms with E-state index in [1.807, 2.05) is 0 Å².